The van der Waals surface area contributed by atoms with Crippen LogP contribution < -0.4 is 10.6 Å². The van der Waals surface area contributed by atoms with Gasteiger partial charge in [0.05, 0.1) is 10.4 Å². The van der Waals surface area contributed by atoms with Crippen LogP contribution in [0, 0.1) is 5.92 Å². The van der Waals surface area contributed by atoms with E-state index in [2.05, 4.69) is 32.7 Å². The number of nitrogens with zero attached hydrogens (tertiary/aromatic N) is 3. The lowest BCUT2D eigenvalue weighted by Crippen LogP contribution is -2.37. The third-order valence-corrected chi connectivity index (χ3v) is 6.69. The van der Waals surface area contributed by atoms with Crippen molar-refractivity contribution in [2.45, 2.75) is 42.3 Å². The maximum absolute atomic E-state index is 4.73. The molecular formula is C18H25Cl2N5S. The van der Waals surface area contributed by atoms with Gasteiger partial charge in [0.25, 0.3) is 0 Å². The second kappa shape index (κ2) is 9.74. The number of rotatable bonds is 4. The molecule has 2 unspecified atom stereocenters. The highest BCUT2D eigenvalue weighted by Gasteiger charge is 2.48. The summed E-state index contributed by atoms with van der Waals surface area (Å²) in [5.41, 5.74) is 1.31. The average Bonchev–Trinajstić information content (AvgIpc) is 3.09. The zero-order chi connectivity index (χ0) is 16.2. The van der Waals surface area contributed by atoms with Gasteiger partial charge in [-0.05, 0) is 37.0 Å². The number of anilines is 1. The lowest BCUT2D eigenvalue weighted by atomic mass is 9.77. The van der Waals surface area contributed by atoms with E-state index in [9.17, 15) is 0 Å². The normalized spacial score (nSPS) is 25.8. The van der Waals surface area contributed by atoms with Crippen LogP contribution in [0.3, 0.4) is 0 Å². The molecular weight excluding hydrogens is 389 g/mol. The average molecular weight is 414 g/mol. The van der Waals surface area contributed by atoms with Crippen molar-refractivity contribution in [1.82, 2.24) is 20.3 Å². The van der Waals surface area contributed by atoms with Crippen LogP contribution in [0.1, 0.15) is 37.8 Å². The summed E-state index contributed by atoms with van der Waals surface area (Å²) in [5.74, 6) is 1.34. The maximum Gasteiger partial charge on any atom is 0.224 e. The van der Waals surface area contributed by atoms with E-state index in [-0.39, 0.29) is 35.1 Å². The summed E-state index contributed by atoms with van der Waals surface area (Å²) in [4.78, 5) is 13.3. The standard InChI is InChI=1S/C18H23N5S.2ClH/c1-2-7-14(8-3-1)18(15-9-4-5-10-19-15)13-22-17(24-18)23-16-20-11-6-12-21-16;;/h4-6,9-12,14,17,22H,1-3,7-8,13H2,(H,20,21,23);2*1H. The molecule has 2 atom stereocenters. The fourth-order valence-corrected chi connectivity index (χ4v) is 5.48. The number of hydrogen-bond donors (Lipinski definition) is 2. The van der Waals surface area contributed by atoms with Crippen molar-refractivity contribution in [2.75, 3.05) is 11.9 Å². The number of hydrogen-bond acceptors (Lipinski definition) is 6. The van der Waals surface area contributed by atoms with Gasteiger partial charge in [-0.2, -0.15) is 0 Å². The summed E-state index contributed by atoms with van der Waals surface area (Å²) in [7, 11) is 0. The Morgan fingerprint density at radius 2 is 1.69 bits per heavy atom. The Hall–Kier alpha value is -1.08. The summed E-state index contributed by atoms with van der Waals surface area (Å²) in [6, 6.07) is 8.12. The highest BCUT2D eigenvalue weighted by atomic mass is 35.5. The first-order chi connectivity index (χ1) is 11.9. The van der Waals surface area contributed by atoms with Gasteiger partial charge in [0.1, 0.15) is 5.50 Å². The van der Waals surface area contributed by atoms with Crippen LogP contribution in [-0.2, 0) is 4.75 Å². The molecule has 2 aliphatic rings. The minimum absolute atomic E-state index is 0. The first-order valence-corrected chi connectivity index (χ1v) is 9.61. The van der Waals surface area contributed by atoms with Crippen molar-refractivity contribution in [2.24, 2.45) is 5.92 Å². The predicted octanol–water partition coefficient (Wildman–Crippen LogP) is 4.22. The van der Waals surface area contributed by atoms with E-state index in [0.717, 1.165) is 6.54 Å². The van der Waals surface area contributed by atoms with Crippen LogP contribution in [0.4, 0.5) is 5.95 Å². The van der Waals surface area contributed by atoms with Gasteiger partial charge in [0, 0.05) is 25.1 Å². The van der Waals surface area contributed by atoms with Crippen molar-refractivity contribution in [3.63, 3.8) is 0 Å². The summed E-state index contributed by atoms with van der Waals surface area (Å²) in [5, 5.41) is 7.03. The van der Waals surface area contributed by atoms with Crippen LogP contribution in [0.5, 0.6) is 0 Å². The Labute approximate surface area is 171 Å². The van der Waals surface area contributed by atoms with E-state index >= 15 is 0 Å². The van der Waals surface area contributed by atoms with Gasteiger partial charge in [-0.15, -0.1) is 36.6 Å². The van der Waals surface area contributed by atoms with Crippen LogP contribution in [0.15, 0.2) is 42.9 Å². The molecule has 1 saturated carbocycles. The highest BCUT2D eigenvalue weighted by molar-refractivity contribution is 8.01. The van der Waals surface area contributed by atoms with Gasteiger partial charge in [-0.25, -0.2) is 9.97 Å². The van der Waals surface area contributed by atoms with Crippen molar-refractivity contribution >= 4 is 42.5 Å². The first kappa shape index (κ1) is 21.2. The van der Waals surface area contributed by atoms with Crippen LogP contribution in [0.2, 0.25) is 0 Å². The zero-order valence-electron chi connectivity index (χ0n) is 14.5. The molecule has 1 saturated heterocycles. The fraction of sp³-hybridized carbons (Fsp3) is 0.500. The van der Waals surface area contributed by atoms with Crippen LogP contribution in [-0.4, -0.2) is 27.0 Å². The molecule has 1 aliphatic carbocycles. The second-order valence-electron chi connectivity index (χ2n) is 6.53. The van der Waals surface area contributed by atoms with Crippen molar-refractivity contribution < 1.29 is 0 Å². The van der Waals surface area contributed by atoms with Gasteiger partial charge in [-0.1, -0.05) is 25.3 Å². The smallest absolute Gasteiger partial charge is 0.224 e. The summed E-state index contributed by atoms with van der Waals surface area (Å²) >= 11 is 1.95. The number of aromatic nitrogens is 3. The Balaban J connectivity index is 0.00000121. The van der Waals surface area contributed by atoms with E-state index in [4.69, 9.17) is 4.98 Å². The topological polar surface area (TPSA) is 62.7 Å². The summed E-state index contributed by atoms with van der Waals surface area (Å²) in [6.45, 7) is 0.934. The number of nitrogens with one attached hydrogen (secondary N) is 2. The molecule has 0 bridgehead atoms. The van der Waals surface area contributed by atoms with E-state index < -0.39 is 0 Å². The van der Waals surface area contributed by atoms with Gasteiger partial charge in [-0.3, -0.25) is 10.3 Å². The van der Waals surface area contributed by atoms with Crippen molar-refractivity contribution in [3.05, 3.63) is 48.5 Å². The summed E-state index contributed by atoms with van der Waals surface area (Å²) in [6.07, 6.45) is 12.1. The van der Waals surface area contributed by atoms with Crippen molar-refractivity contribution in [1.29, 1.82) is 0 Å². The lowest BCUT2D eigenvalue weighted by molar-refractivity contribution is 0.278. The Kier molecular flexibility index (Phi) is 7.95. The minimum atomic E-state index is 0. The monoisotopic (exact) mass is 413 g/mol. The molecule has 5 nitrogen and oxygen atoms in total. The van der Waals surface area contributed by atoms with Gasteiger partial charge >= 0.3 is 0 Å². The van der Waals surface area contributed by atoms with Gasteiger partial charge in [0.2, 0.25) is 5.95 Å². The minimum Gasteiger partial charge on any atom is -0.330 e. The molecule has 2 fully saturated rings. The third-order valence-electron chi connectivity index (χ3n) is 5.07. The van der Waals surface area contributed by atoms with E-state index in [1.807, 2.05) is 30.1 Å². The molecule has 26 heavy (non-hydrogen) atoms. The maximum atomic E-state index is 4.73. The Bertz CT molecular complexity index is 657. The molecule has 0 amide bonds. The molecule has 8 heteroatoms. The van der Waals surface area contributed by atoms with Gasteiger partial charge in [0.15, 0.2) is 0 Å². The Morgan fingerprint density at radius 3 is 2.38 bits per heavy atom. The van der Waals surface area contributed by atoms with E-state index in [1.54, 1.807) is 12.4 Å². The lowest BCUT2D eigenvalue weighted by Gasteiger charge is -2.38. The molecule has 2 aromatic heterocycles. The van der Waals surface area contributed by atoms with Crippen LogP contribution in [0.25, 0.3) is 0 Å². The molecule has 1 aliphatic heterocycles. The molecule has 2 N–H and O–H groups in total. The van der Waals surface area contributed by atoms with E-state index in [1.165, 1.54) is 37.8 Å². The molecule has 3 heterocycles. The molecule has 2 aromatic rings. The quantitative estimate of drug-likeness (QED) is 0.781. The largest absolute Gasteiger partial charge is 0.330 e. The zero-order valence-corrected chi connectivity index (χ0v) is 17.0. The molecule has 0 spiro atoms. The summed E-state index contributed by atoms with van der Waals surface area (Å²) < 4.78 is 0.0358. The molecule has 142 valence electrons. The molecule has 4 rings (SSSR count). The molecule has 0 aromatic carbocycles. The predicted molar refractivity (Wildman–Crippen MR) is 112 cm³/mol. The van der Waals surface area contributed by atoms with E-state index in [0.29, 0.717) is 11.9 Å². The highest BCUT2D eigenvalue weighted by Crippen LogP contribution is 2.51. The second-order valence-corrected chi connectivity index (χ2v) is 7.97. The fourth-order valence-electron chi connectivity index (χ4n) is 3.89. The molecule has 0 radical (unpaired) electrons. The number of pyridine rings is 1. The number of halogens is 2. The number of thioether (sulfide) groups is 1. The van der Waals surface area contributed by atoms with Gasteiger partial charge < -0.3 is 5.32 Å². The SMILES string of the molecule is Cl.Cl.c1ccc(C2(C3CCCCC3)CNC(Nc3ncccn3)S2)nc1. The first-order valence-electron chi connectivity index (χ1n) is 8.73. The van der Waals surface area contributed by atoms with Crippen LogP contribution >= 0.6 is 36.6 Å². The Morgan fingerprint density at radius 1 is 0.962 bits per heavy atom. The third kappa shape index (κ3) is 4.42. The van der Waals surface area contributed by atoms with Crippen molar-refractivity contribution in [3.8, 4) is 0 Å².